The molecule has 0 radical (unpaired) electrons. The second-order valence-corrected chi connectivity index (χ2v) is 12.4. The van der Waals surface area contributed by atoms with Crippen LogP contribution in [0.1, 0.15) is 141 Å². The molecule has 2 saturated carbocycles. The predicted octanol–water partition coefficient (Wildman–Crippen LogP) is 11.3. The van der Waals surface area contributed by atoms with E-state index in [2.05, 4.69) is 6.92 Å². The standard InChI is InChI=1S/C33H54ClFO/c1-3-5-6-7-8-9-10-13-26-16-20-28(21-17-26)29-22-18-27(19-23-29)14-11-12-15-30-24-25-31(36-4-2)33(35)32(30)34/h24-29H,3-23H2,1-2H3. The molecule has 0 bridgehead atoms. The second kappa shape index (κ2) is 17.0. The van der Waals surface area contributed by atoms with Crippen LogP contribution in [-0.2, 0) is 6.42 Å². The van der Waals surface area contributed by atoms with Gasteiger partial charge in [-0.2, -0.15) is 0 Å². The van der Waals surface area contributed by atoms with Crippen LogP contribution in [0.15, 0.2) is 12.1 Å². The van der Waals surface area contributed by atoms with Crippen molar-refractivity contribution in [3.63, 3.8) is 0 Å². The fourth-order valence-corrected chi connectivity index (χ4v) is 7.32. The Kier molecular flexibility index (Phi) is 14.0. The monoisotopic (exact) mass is 520 g/mol. The number of hydrogen-bond donors (Lipinski definition) is 0. The van der Waals surface area contributed by atoms with Gasteiger partial charge in [0, 0.05) is 0 Å². The minimum absolute atomic E-state index is 0.249. The van der Waals surface area contributed by atoms with Gasteiger partial charge in [0.1, 0.15) is 0 Å². The summed E-state index contributed by atoms with van der Waals surface area (Å²) >= 11 is 6.26. The number of halogens is 2. The zero-order valence-electron chi connectivity index (χ0n) is 23.5. The van der Waals surface area contributed by atoms with E-state index < -0.39 is 5.82 Å². The highest BCUT2D eigenvalue weighted by Crippen LogP contribution is 2.43. The minimum atomic E-state index is -0.402. The second-order valence-electron chi connectivity index (χ2n) is 12.0. The Morgan fingerprint density at radius 1 is 0.722 bits per heavy atom. The first kappa shape index (κ1) is 29.8. The molecule has 2 fully saturated rings. The Balaban J connectivity index is 1.23. The van der Waals surface area contributed by atoms with Gasteiger partial charge in [0.05, 0.1) is 11.6 Å². The quantitative estimate of drug-likeness (QED) is 0.197. The normalized spacial score (nSPS) is 24.7. The van der Waals surface area contributed by atoms with E-state index in [0.717, 1.165) is 42.1 Å². The lowest BCUT2D eigenvalue weighted by Crippen LogP contribution is -2.26. The molecule has 1 nitrogen and oxygen atoms in total. The fraction of sp³-hybridized carbons (Fsp3) is 0.818. The van der Waals surface area contributed by atoms with Crippen LogP contribution >= 0.6 is 11.6 Å². The van der Waals surface area contributed by atoms with Crippen molar-refractivity contribution in [1.82, 2.24) is 0 Å². The van der Waals surface area contributed by atoms with Crippen LogP contribution in [0.3, 0.4) is 0 Å². The summed E-state index contributed by atoms with van der Waals surface area (Å²) in [5, 5.41) is 0.249. The maximum atomic E-state index is 14.3. The third kappa shape index (κ3) is 9.85. The van der Waals surface area contributed by atoms with Crippen molar-refractivity contribution in [3.8, 4) is 5.75 Å². The Labute approximate surface area is 227 Å². The van der Waals surface area contributed by atoms with Crippen molar-refractivity contribution in [3.05, 3.63) is 28.5 Å². The highest BCUT2D eigenvalue weighted by atomic mass is 35.5. The number of rotatable bonds is 16. The van der Waals surface area contributed by atoms with E-state index in [9.17, 15) is 4.39 Å². The minimum Gasteiger partial charge on any atom is -0.491 e. The van der Waals surface area contributed by atoms with E-state index in [0.29, 0.717) is 6.61 Å². The van der Waals surface area contributed by atoms with Crippen molar-refractivity contribution in [2.75, 3.05) is 6.61 Å². The Morgan fingerprint density at radius 3 is 1.81 bits per heavy atom. The van der Waals surface area contributed by atoms with E-state index >= 15 is 0 Å². The van der Waals surface area contributed by atoms with Crippen molar-refractivity contribution in [2.45, 2.75) is 142 Å². The molecule has 206 valence electrons. The predicted molar refractivity (Wildman–Crippen MR) is 154 cm³/mol. The summed E-state index contributed by atoms with van der Waals surface area (Å²) < 4.78 is 19.6. The maximum absolute atomic E-state index is 14.3. The van der Waals surface area contributed by atoms with Crippen LogP contribution in [-0.4, -0.2) is 6.61 Å². The van der Waals surface area contributed by atoms with Crippen molar-refractivity contribution < 1.29 is 9.13 Å². The molecule has 36 heavy (non-hydrogen) atoms. The number of unbranched alkanes of at least 4 members (excludes halogenated alkanes) is 7. The number of ether oxygens (including phenoxy) is 1. The topological polar surface area (TPSA) is 9.23 Å². The molecule has 0 heterocycles. The summed E-state index contributed by atoms with van der Waals surface area (Å²) in [6.45, 7) is 4.62. The molecule has 0 spiro atoms. The van der Waals surface area contributed by atoms with Crippen LogP contribution in [0.2, 0.25) is 5.02 Å². The van der Waals surface area contributed by atoms with Gasteiger partial charge in [0.2, 0.25) is 0 Å². The Bertz CT molecular complexity index is 719. The summed E-state index contributed by atoms with van der Waals surface area (Å²) in [6, 6.07) is 3.66. The Hall–Kier alpha value is -0.760. The summed E-state index contributed by atoms with van der Waals surface area (Å²) in [5.74, 6) is 3.83. The molecule has 2 aliphatic carbocycles. The average Bonchev–Trinajstić information content (AvgIpc) is 2.91. The van der Waals surface area contributed by atoms with Gasteiger partial charge >= 0.3 is 0 Å². The third-order valence-electron chi connectivity index (χ3n) is 9.40. The lowest BCUT2D eigenvalue weighted by atomic mass is 9.68. The molecule has 0 unspecified atom stereocenters. The van der Waals surface area contributed by atoms with Crippen LogP contribution in [0.25, 0.3) is 0 Å². The smallest absolute Gasteiger partial charge is 0.183 e. The van der Waals surface area contributed by atoms with Gasteiger partial charge < -0.3 is 4.74 Å². The van der Waals surface area contributed by atoms with Gasteiger partial charge in [-0.05, 0) is 80.8 Å². The van der Waals surface area contributed by atoms with Gasteiger partial charge in [-0.1, -0.05) is 114 Å². The maximum Gasteiger partial charge on any atom is 0.183 e. The molecule has 0 amide bonds. The molecule has 0 N–H and O–H groups in total. The van der Waals surface area contributed by atoms with Gasteiger partial charge in [-0.15, -0.1) is 0 Å². The zero-order valence-corrected chi connectivity index (χ0v) is 24.2. The molecule has 0 aromatic heterocycles. The summed E-state index contributed by atoms with van der Waals surface area (Å²) in [6.07, 6.45) is 27.9. The first-order chi connectivity index (χ1) is 17.6. The molecule has 0 aliphatic heterocycles. The highest BCUT2D eigenvalue weighted by Gasteiger charge is 2.30. The van der Waals surface area contributed by atoms with Crippen LogP contribution in [0.4, 0.5) is 4.39 Å². The van der Waals surface area contributed by atoms with Gasteiger partial charge in [0.15, 0.2) is 11.6 Å². The lowest BCUT2D eigenvalue weighted by molar-refractivity contribution is 0.139. The third-order valence-corrected chi connectivity index (χ3v) is 9.81. The molecular weight excluding hydrogens is 467 g/mol. The van der Waals surface area contributed by atoms with E-state index in [4.69, 9.17) is 16.3 Å². The molecular formula is C33H54ClFO. The largest absolute Gasteiger partial charge is 0.491 e. The molecule has 2 aliphatic rings. The summed E-state index contributed by atoms with van der Waals surface area (Å²) in [4.78, 5) is 0. The van der Waals surface area contributed by atoms with Crippen LogP contribution in [0, 0.1) is 29.5 Å². The summed E-state index contributed by atoms with van der Waals surface area (Å²) in [5.41, 5.74) is 0.920. The van der Waals surface area contributed by atoms with Gasteiger partial charge in [-0.25, -0.2) is 4.39 Å². The molecule has 1 aromatic carbocycles. The van der Waals surface area contributed by atoms with Crippen molar-refractivity contribution in [1.29, 1.82) is 0 Å². The Morgan fingerprint density at radius 2 is 1.25 bits per heavy atom. The molecule has 1 aromatic rings. The number of aryl methyl sites for hydroxylation is 1. The van der Waals surface area contributed by atoms with E-state index in [-0.39, 0.29) is 10.8 Å². The highest BCUT2D eigenvalue weighted by molar-refractivity contribution is 6.31. The fourth-order valence-electron chi connectivity index (χ4n) is 7.07. The zero-order chi connectivity index (χ0) is 25.6. The first-order valence-electron chi connectivity index (χ1n) is 15.7. The van der Waals surface area contributed by atoms with Crippen molar-refractivity contribution >= 4 is 11.6 Å². The molecule has 0 atom stereocenters. The molecule has 3 heteroatoms. The van der Waals surface area contributed by atoms with Crippen LogP contribution in [0.5, 0.6) is 5.75 Å². The van der Waals surface area contributed by atoms with Crippen LogP contribution < -0.4 is 4.74 Å². The number of hydrogen-bond acceptors (Lipinski definition) is 1. The number of benzene rings is 1. The van der Waals surface area contributed by atoms with E-state index in [1.54, 1.807) is 6.07 Å². The SMILES string of the molecule is CCCCCCCCCC1CCC(C2CCC(CCCCc3ccc(OCC)c(F)c3Cl)CC2)CC1. The van der Waals surface area contributed by atoms with Crippen molar-refractivity contribution in [2.24, 2.45) is 23.7 Å². The van der Waals surface area contributed by atoms with E-state index in [1.807, 2.05) is 13.0 Å². The molecule has 3 rings (SSSR count). The first-order valence-corrected chi connectivity index (χ1v) is 16.1. The summed E-state index contributed by atoms with van der Waals surface area (Å²) in [7, 11) is 0. The average molecular weight is 521 g/mol. The lowest BCUT2D eigenvalue weighted by Gasteiger charge is -2.38. The van der Waals surface area contributed by atoms with E-state index in [1.165, 1.54) is 116 Å². The van der Waals surface area contributed by atoms with Gasteiger partial charge in [0.25, 0.3) is 0 Å². The van der Waals surface area contributed by atoms with Gasteiger partial charge in [-0.3, -0.25) is 0 Å². The molecule has 0 saturated heterocycles.